The van der Waals surface area contributed by atoms with Crippen LogP contribution in [0.1, 0.15) is 5.82 Å². The van der Waals surface area contributed by atoms with Crippen LogP contribution < -0.4 is 14.7 Å². The zero-order chi connectivity index (χ0) is 14.8. The second kappa shape index (κ2) is 5.80. The van der Waals surface area contributed by atoms with Gasteiger partial charge in [-0.15, -0.1) is 0 Å². The molecule has 0 bridgehead atoms. The molecule has 0 unspecified atom stereocenters. The third-order valence-corrected chi connectivity index (χ3v) is 4.30. The first kappa shape index (κ1) is 14.0. The fraction of sp³-hybridized carbons (Fsp3) is 0.538. The van der Waals surface area contributed by atoms with Crippen LogP contribution >= 0.6 is 11.5 Å². The van der Waals surface area contributed by atoms with Crippen molar-refractivity contribution in [2.75, 3.05) is 55.0 Å². The van der Waals surface area contributed by atoms with E-state index in [4.69, 9.17) is 0 Å². The van der Waals surface area contributed by atoms with E-state index in [-0.39, 0.29) is 0 Å². The van der Waals surface area contributed by atoms with Crippen LogP contribution in [0.3, 0.4) is 0 Å². The molecule has 0 saturated carbocycles. The quantitative estimate of drug-likeness (QED) is 0.839. The van der Waals surface area contributed by atoms with Crippen LogP contribution in [0.4, 0.5) is 16.9 Å². The molecule has 112 valence electrons. The fourth-order valence-electron chi connectivity index (χ4n) is 2.25. The predicted molar refractivity (Wildman–Crippen MR) is 85.4 cm³/mol. The number of nitrogens with zero attached hydrogens (tertiary/aromatic N) is 7. The van der Waals surface area contributed by atoms with Gasteiger partial charge in [-0.05, 0) is 13.0 Å². The molecule has 1 fully saturated rings. The summed E-state index contributed by atoms with van der Waals surface area (Å²) >= 11 is 1.47. The summed E-state index contributed by atoms with van der Waals surface area (Å²) in [6.45, 7) is 5.57. The SMILES string of the molecule is Cc1nsc(N2CCN(c3nccc(N(C)C)n3)CC2)n1. The minimum Gasteiger partial charge on any atom is -0.363 e. The number of hydrogen-bond acceptors (Lipinski definition) is 8. The molecule has 0 N–H and O–H groups in total. The van der Waals surface area contributed by atoms with Crippen molar-refractivity contribution in [1.82, 2.24) is 19.3 Å². The molecule has 21 heavy (non-hydrogen) atoms. The zero-order valence-corrected chi connectivity index (χ0v) is 13.3. The highest BCUT2D eigenvalue weighted by atomic mass is 32.1. The summed E-state index contributed by atoms with van der Waals surface area (Å²) in [5.74, 6) is 2.58. The molecule has 0 radical (unpaired) electrons. The van der Waals surface area contributed by atoms with Gasteiger partial charge in [0.25, 0.3) is 0 Å². The molecule has 0 aliphatic carbocycles. The largest absolute Gasteiger partial charge is 0.363 e. The highest BCUT2D eigenvalue weighted by Gasteiger charge is 2.21. The summed E-state index contributed by atoms with van der Waals surface area (Å²) in [5, 5.41) is 1.01. The van der Waals surface area contributed by atoms with Gasteiger partial charge in [0, 0.05) is 58.0 Å². The first-order valence-corrected chi connectivity index (χ1v) is 7.71. The standard InChI is InChI=1S/C13H19N7S/c1-10-15-13(21-17-10)20-8-6-19(7-9-20)12-14-5-4-11(16-12)18(2)3/h4-5H,6-9H2,1-3H3. The number of aryl methyl sites for hydroxylation is 1. The Morgan fingerprint density at radius 2 is 1.81 bits per heavy atom. The second-order valence-corrected chi connectivity index (χ2v) is 5.94. The van der Waals surface area contributed by atoms with Gasteiger partial charge in [-0.1, -0.05) is 0 Å². The van der Waals surface area contributed by atoms with E-state index < -0.39 is 0 Å². The van der Waals surface area contributed by atoms with Crippen molar-refractivity contribution < 1.29 is 0 Å². The first-order valence-electron chi connectivity index (χ1n) is 6.94. The van der Waals surface area contributed by atoms with Crippen LogP contribution in [0.25, 0.3) is 0 Å². The Morgan fingerprint density at radius 3 is 2.43 bits per heavy atom. The number of piperazine rings is 1. The van der Waals surface area contributed by atoms with E-state index in [1.54, 1.807) is 0 Å². The van der Waals surface area contributed by atoms with E-state index in [9.17, 15) is 0 Å². The van der Waals surface area contributed by atoms with Crippen LogP contribution in [0.2, 0.25) is 0 Å². The molecule has 3 rings (SSSR count). The van der Waals surface area contributed by atoms with Crippen molar-refractivity contribution >= 4 is 28.4 Å². The maximum absolute atomic E-state index is 4.59. The average molecular weight is 305 g/mol. The molecule has 3 heterocycles. The van der Waals surface area contributed by atoms with Gasteiger partial charge < -0.3 is 14.7 Å². The van der Waals surface area contributed by atoms with Gasteiger partial charge in [0.2, 0.25) is 11.1 Å². The zero-order valence-electron chi connectivity index (χ0n) is 12.5. The van der Waals surface area contributed by atoms with Crippen molar-refractivity contribution in [3.8, 4) is 0 Å². The number of anilines is 3. The van der Waals surface area contributed by atoms with Crippen molar-refractivity contribution in [2.45, 2.75) is 6.92 Å². The van der Waals surface area contributed by atoms with Gasteiger partial charge in [-0.2, -0.15) is 9.36 Å². The summed E-state index contributed by atoms with van der Waals surface area (Å²) in [5.41, 5.74) is 0. The molecule has 1 aliphatic rings. The molecular formula is C13H19N7S. The monoisotopic (exact) mass is 305 g/mol. The van der Waals surface area contributed by atoms with E-state index in [0.717, 1.165) is 48.9 Å². The summed E-state index contributed by atoms with van der Waals surface area (Å²) in [6.07, 6.45) is 1.82. The fourth-order valence-corrected chi connectivity index (χ4v) is 2.98. The lowest BCUT2D eigenvalue weighted by Crippen LogP contribution is -2.47. The van der Waals surface area contributed by atoms with Gasteiger partial charge in [-0.3, -0.25) is 0 Å². The molecular weight excluding hydrogens is 286 g/mol. The molecule has 1 aliphatic heterocycles. The minimum atomic E-state index is 0.800. The van der Waals surface area contributed by atoms with Gasteiger partial charge in [-0.25, -0.2) is 9.97 Å². The van der Waals surface area contributed by atoms with Crippen LogP contribution in [0.5, 0.6) is 0 Å². The summed E-state index contributed by atoms with van der Waals surface area (Å²) < 4.78 is 4.25. The Hall–Kier alpha value is -1.96. The lowest BCUT2D eigenvalue weighted by molar-refractivity contribution is 0.638. The van der Waals surface area contributed by atoms with Gasteiger partial charge in [0.15, 0.2) is 0 Å². The molecule has 0 spiro atoms. The molecule has 2 aromatic heterocycles. The molecule has 2 aromatic rings. The van der Waals surface area contributed by atoms with Crippen molar-refractivity contribution in [3.05, 3.63) is 18.1 Å². The van der Waals surface area contributed by atoms with Crippen molar-refractivity contribution in [1.29, 1.82) is 0 Å². The van der Waals surface area contributed by atoms with Crippen LogP contribution in [-0.4, -0.2) is 59.6 Å². The van der Waals surface area contributed by atoms with Crippen LogP contribution in [0, 0.1) is 6.92 Å². The maximum Gasteiger partial charge on any atom is 0.227 e. The Labute approximate surface area is 128 Å². The molecule has 0 aromatic carbocycles. The molecule has 0 atom stereocenters. The van der Waals surface area contributed by atoms with Crippen molar-refractivity contribution in [2.24, 2.45) is 0 Å². The number of aromatic nitrogens is 4. The van der Waals surface area contributed by atoms with E-state index in [1.165, 1.54) is 11.5 Å². The van der Waals surface area contributed by atoms with E-state index in [0.29, 0.717) is 0 Å². The molecule has 7 nitrogen and oxygen atoms in total. The summed E-state index contributed by atoms with van der Waals surface area (Å²) in [6, 6.07) is 1.92. The second-order valence-electron chi connectivity index (χ2n) is 5.21. The average Bonchev–Trinajstić information content (AvgIpc) is 2.94. The third-order valence-electron chi connectivity index (χ3n) is 3.44. The van der Waals surface area contributed by atoms with Gasteiger partial charge in [0.1, 0.15) is 11.6 Å². The van der Waals surface area contributed by atoms with Crippen molar-refractivity contribution in [3.63, 3.8) is 0 Å². The third kappa shape index (κ3) is 3.05. The Kier molecular flexibility index (Phi) is 3.87. The van der Waals surface area contributed by atoms with E-state index >= 15 is 0 Å². The van der Waals surface area contributed by atoms with Crippen LogP contribution in [-0.2, 0) is 0 Å². The Morgan fingerprint density at radius 1 is 1.10 bits per heavy atom. The molecule has 8 heteroatoms. The topological polar surface area (TPSA) is 61.3 Å². The summed E-state index contributed by atoms with van der Waals surface area (Å²) in [4.78, 5) is 19.9. The number of hydrogen-bond donors (Lipinski definition) is 0. The minimum absolute atomic E-state index is 0.800. The Bertz CT molecular complexity index is 604. The number of rotatable bonds is 3. The Balaban J connectivity index is 1.67. The summed E-state index contributed by atoms with van der Waals surface area (Å²) in [7, 11) is 3.98. The van der Waals surface area contributed by atoms with E-state index in [1.807, 2.05) is 38.2 Å². The normalized spacial score (nSPS) is 15.4. The van der Waals surface area contributed by atoms with Gasteiger partial charge in [0.05, 0.1) is 0 Å². The lowest BCUT2D eigenvalue weighted by atomic mass is 10.3. The molecule has 0 amide bonds. The highest BCUT2D eigenvalue weighted by Crippen LogP contribution is 2.20. The lowest BCUT2D eigenvalue weighted by Gasteiger charge is -2.34. The first-order chi connectivity index (χ1) is 10.1. The van der Waals surface area contributed by atoms with E-state index in [2.05, 4.69) is 29.1 Å². The van der Waals surface area contributed by atoms with Crippen LogP contribution in [0.15, 0.2) is 12.3 Å². The molecule has 1 saturated heterocycles. The van der Waals surface area contributed by atoms with Gasteiger partial charge >= 0.3 is 0 Å². The maximum atomic E-state index is 4.59. The predicted octanol–water partition coefficient (Wildman–Crippen LogP) is 1.03. The smallest absolute Gasteiger partial charge is 0.227 e. The highest BCUT2D eigenvalue weighted by molar-refractivity contribution is 7.09.